The molecule has 0 rings (SSSR count). The first-order valence-electron chi connectivity index (χ1n) is 5.14. The van der Waals surface area contributed by atoms with Gasteiger partial charge in [0.2, 0.25) is 11.8 Å². The first-order valence-corrected chi connectivity index (χ1v) is 5.14. The number of aliphatic carboxylic acids is 1. The lowest BCUT2D eigenvalue weighted by Gasteiger charge is -2.18. The standard InChI is InChI=1S/C9H17N3O6/c1-4(11-8(16)5(10)2-13)7(15)12-6(3-14)9(17)18/h4-6,13-14H,2-3,10H2,1H3,(H,11,16)(H,12,15)(H,17,18)/t4-,5-,6-/m0/s1. The molecule has 18 heavy (non-hydrogen) atoms. The summed E-state index contributed by atoms with van der Waals surface area (Å²) >= 11 is 0. The molecule has 2 amide bonds. The van der Waals surface area contributed by atoms with Gasteiger partial charge in [0.15, 0.2) is 0 Å². The second kappa shape index (κ2) is 7.58. The van der Waals surface area contributed by atoms with Gasteiger partial charge in [0, 0.05) is 0 Å². The fourth-order valence-electron chi connectivity index (χ4n) is 0.951. The number of carboxylic acids is 1. The van der Waals surface area contributed by atoms with Gasteiger partial charge in [-0.15, -0.1) is 0 Å². The van der Waals surface area contributed by atoms with Gasteiger partial charge in [-0.05, 0) is 6.92 Å². The van der Waals surface area contributed by atoms with Crippen molar-refractivity contribution in [1.29, 1.82) is 0 Å². The largest absolute Gasteiger partial charge is 0.480 e. The second-order valence-electron chi connectivity index (χ2n) is 3.60. The van der Waals surface area contributed by atoms with Crippen molar-refractivity contribution in [1.82, 2.24) is 10.6 Å². The molecular weight excluding hydrogens is 246 g/mol. The smallest absolute Gasteiger partial charge is 0.328 e. The predicted octanol–water partition coefficient (Wildman–Crippen LogP) is -3.63. The highest BCUT2D eigenvalue weighted by Gasteiger charge is 2.24. The third kappa shape index (κ3) is 5.08. The summed E-state index contributed by atoms with van der Waals surface area (Å²) in [7, 11) is 0. The van der Waals surface area contributed by atoms with E-state index in [0.29, 0.717) is 0 Å². The Morgan fingerprint density at radius 3 is 2.06 bits per heavy atom. The number of nitrogens with two attached hydrogens (primary N) is 1. The molecule has 0 bridgehead atoms. The molecule has 0 radical (unpaired) electrons. The summed E-state index contributed by atoms with van der Waals surface area (Å²) in [6.45, 7) is -0.0277. The molecule has 9 heteroatoms. The molecule has 0 aliphatic carbocycles. The lowest BCUT2D eigenvalue weighted by Crippen LogP contribution is -2.54. The quantitative estimate of drug-likeness (QED) is 0.276. The van der Waals surface area contributed by atoms with Crippen LogP contribution < -0.4 is 16.4 Å². The average Bonchev–Trinajstić information content (AvgIpc) is 2.33. The van der Waals surface area contributed by atoms with Crippen LogP contribution >= 0.6 is 0 Å². The van der Waals surface area contributed by atoms with Crippen molar-refractivity contribution in [3.8, 4) is 0 Å². The monoisotopic (exact) mass is 263 g/mol. The number of amides is 2. The number of carboxylic acid groups (broad SMARTS) is 1. The van der Waals surface area contributed by atoms with Gasteiger partial charge in [0.25, 0.3) is 0 Å². The van der Waals surface area contributed by atoms with Gasteiger partial charge in [0.1, 0.15) is 18.1 Å². The highest BCUT2D eigenvalue weighted by Crippen LogP contribution is 1.89. The van der Waals surface area contributed by atoms with E-state index in [9.17, 15) is 14.4 Å². The van der Waals surface area contributed by atoms with Crippen LogP contribution in [0.15, 0.2) is 0 Å². The van der Waals surface area contributed by atoms with Crippen LogP contribution in [0.4, 0.5) is 0 Å². The number of aliphatic hydroxyl groups is 2. The van der Waals surface area contributed by atoms with E-state index in [1.165, 1.54) is 6.92 Å². The van der Waals surface area contributed by atoms with Gasteiger partial charge >= 0.3 is 5.97 Å². The van der Waals surface area contributed by atoms with Crippen LogP contribution in [-0.4, -0.2) is 64.4 Å². The summed E-state index contributed by atoms with van der Waals surface area (Å²) in [6, 6.07) is -3.64. The summed E-state index contributed by atoms with van der Waals surface area (Å²) in [5.74, 6) is -2.91. The Bertz CT molecular complexity index is 321. The third-order valence-corrected chi connectivity index (χ3v) is 2.08. The van der Waals surface area contributed by atoms with Crippen molar-refractivity contribution < 1.29 is 29.7 Å². The molecule has 0 saturated carbocycles. The number of hydrogen-bond donors (Lipinski definition) is 6. The van der Waals surface area contributed by atoms with E-state index in [4.69, 9.17) is 21.1 Å². The zero-order chi connectivity index (χ0) is 14.3. The number of carbonyl (C=O) groups is 3. The number of aliphatic hydroxyl groups excluding tert-OH is 2. The lowest BCUT2D eigenvalue weighted by atomic mass is 10.2. The topological polar surface area (TPSA) is 162 Å². The van der Waals surface area contributed by atoms with Crippen molar-refractivity contribution in [2.24, 2.45) is 5.73 Å². The van der Waals surface area contributed by atoms with E-state index in [1.807, 2.05) is 5.32 Å². The van der Waals surface area contributed by atoms with E-state index in [-0.39, 0.29) is 0 Å². The fourth-order valence-corrected chi connectivity index (χ4v) is 0.951. The zero-order valence-corrected chi connectivity index (χ0v) is 9.79. The SMILES string of the molecule is C[C@H](NC(=O)[C@@H](N)CO)C(=O)N[C@@H](CO)C(=O)O. The zero-order valence-electron chi connectivity index (χ0n) is 9.79. The third-order valence-electron chi connectivity index (χ3n) is 2.08. The second-order valence-corrected chi connectivity index (χ2v) is 3.60. The van der Waals surface area contributed by atoms with Gasteiger partial charge in [-0.2, -0.15) is 0 Å². The molecule has 0 aromatic rings. The molecule has 0 unspecified atom stereocenters. The van der Waals surface area contributed by atoms with Crippen LogP contribution in [0, 0.1) is 0 Å². The Morgan fingerprint density at radius 2 is 1.67 bits per heavy atom. The van der Waals surface area contributed by atoms with Gasteiger partial charge in [-0.25, -0.2) is 4.79 Å². The molecule has 0 aromatic carbocycles. The number of hydrogen-bond acceptors (Lipinski definition) is 6. The normalized spacial score (nSPS) is 15.3. The summed E-state index contributed by atoms with van der Waals surface area (Å²) in [4.78, 5) is 33.2. The minimum atomic E-state index is -1.44. The Hall–Kier alpha value is -1.71. The molecule has 7 N–H and O–H groups in total. The van der Waals surface area contributed by atoms with Gasteiger partial charge in [0.05, 0.1) is 13.2 Å². The van der Waals surface area contributed by atoms with Crippen molar-refractivity contribution >= 4 is 17.8 Å². The fraction of sp³-hybridized carbons (Fsp3) is 0.667. The first kappa shape index (κ1) is 16.3. The molecule has 9 nitrogen and oxygen atoms in total. The molecule has 0 spiro atoms. The molecular formula is C9H17N3O6. The van der Waals surface area contributed by atoms with Crippen LogP contribution in [0.1, 0.15) is 6.92 Å². The summed E-state index contributed by atoms with van der Waals surface area (Å²) < 4.78 is 0. The summed E-state index contributed by atoms with van der Waals surface area (Å²) in [5, 5.41) is 30.1. The first-order chi connectivity index (χ1) is 8.33. The van der Waals surface area contributed by atoms with Gasteiger partial charge < -0.3 is 31.7 Å². The minimum absolute atomic E-state index is 0.575. The highest BCUT2D eigenvalue weighted by atomic mass is 16.4. The van der Waals surface area contributed by atoms with E-state index in [0.717, 1.165) is 0 Å². The Morgan fingerprint density at radius 1 is 1.11 bits per heavy atom. The maximum absolute atomic E-state index is 11.5. The van der Waals surface area contributed by atoms with Crippen LogP contribution in [0.25, 0.3) is 0 Å². The number of rotatable bonds is 7. The molecule has 0 heterocycles. The Balaban J connectivity index is 4.34. The average molecular weight is 263 g/mol. The molecule has 104 valence electrons. The Kier molecular flexibility index (Phi) is 6.86. The van der Waals surface area contributed by atoms with E-state index in [2.05, 4.69) is 5.32 Å². The van der Waals surface area contributed by atoms with Crippen molar-refractivity contribution in [2.75, 3.05) is 13.2 Å². The molecule has 0 aromatic heterocycles. The molecule has 3 atom stereocenters. The number of carbonyl (C=O) groups excluding carboxylic acids is 2. The minimum Gasteiger partial charge on any atom is -0.480 e. The van der Waals surface area contributed by atoms with Crippen molar-refractivity contribution in [2.45, 2.75) is 25.0 Å². The van der Waals surface area contributed by atoms with E-state index >= 15 is 0 Å². The molecule has 0 aliphatic heterocycles. The van der Waals surface area contributed by atoms with Gasteiger partial charge in [-0.1, -0.05) is 0 Å². The maximum atomic E-state index is 11.5. The molecule has 0 aliphatic rings. The van der Waals surface area contributed by atoms with Crippen LogP contribution in [0.3, 0.4) is 0 Å². The molecule has 0 saturated heterocycles. The maximum Gasteiger partial charge on any atom is 0.328 e. The lowest BCUT2D eigenvalue weighted by molar-refractivity contribution is -0.143. The summed E-state index contributed by atoms with van der Waals surface area (Å²) in [5.41, 5.74) is 5.21. The molecule has 0 fully saturated rings. The van der Waals surface area contributed by atoms with Crippen molar-refractivity contribution in [3.05, 3.63) is 0 Å². The van der Waals surface area contributed by atoms with Gasteiger partial charge in [-0.3, -0.25) is 9.59 Å². The van der Waals surface area contributed by atoms with Crippen LogP contribution in [0.5, 0.6) is 0 Å². The van der Waals surface area contributed by atoms with Crippen LogP contribution in [0.2, 0.25) is 0 Å². The summed E-state index contributed by atoms with van der Waals surface area (Å²) in [6.07, 6.45) is 0. The Labute approximate surface area is 103 Å². The predicted molar refractivity (Wildman–Crippen MR) is 59.3 cm³/mol. The highest BCUT2D eigenvalue weighted by molar-refractivity contribution is 5.91. The van der Waals surface area contributed by atoms with Crippen LogP contribution in [-0.2, 0) is 14.4 Å². The number of nitrogens with one attached hydrogen (secondary N) is 2. The van der Waals surface area contributed by atoms with E-state index < -0.39 is 49.1 Å². The van der Waals surface area contributed by atoms with E-state index in [1.54, 1.807) is 0 Å². The van der Waals surface area contributed by atoms with Crippen molar-refractivity contribution in [3.63, 3.8) is 0 Å².